The number of hydrogen-bond acceptors (Lipinski definition) is 7. The maximum atomic E-state index is 13.8. The highest BCUT2D eigenvalue weighted by molar-refractivity contribution is 5.96. The quantitative estimate of drug-likeness (QED) is 0.210. The molecular formula is C34H30F4N4O5. The highest BCUT2D eigenvalue weighted by Gasteiger charge is 2.45. The van der Waals surface area contributed by atoms with E-state index < -0.39 is 40.5 Å². The Labute approximate surface area is 266 Å². The number of ether oxygens (including phenoxy) is 2. The number of nitrogens with two attached hydrogens (primary N) is 1. The summed E-state index contributed by atoms with van der Waals surface area (Å²) < 4.78 is 66.7. The summed E-state index contributed by atoms with van der Waals surface area (Å²) in [6, 6.07) is 13.7. The van der Waals surface area contributed by atoms with Crippen LogP contribution in [0.3, 0.4) is 0 Å². The first kappa shape index (κ1) is 31.9. The van der Waals surface area contributed by atoms with E-state index in [0.29, 0.717) is 11.1 Å². The smallest absolute Gasteiger partial charge is 0.433 e. The fourth-order valence-corrected chi connectivity index (χ4v) is 5.31. The number of aliphatic hydroxyl groups is 1. The molecule has 1 fully saturated rings. The lowest BCUT2D eigenvalue weighted by molar-refractivity contribution is -0.140. The number of carbonyl (C=O) groups is 2. The van der Waals surface area contributed by atoms with E-state index in [1.54, 1.807) is 6.92 Å². The first-order chi connectivity index (χ1) is 22.2. The second-order valence-electron chi connectivity index (χ2n) is 12.1. The van der Waals surface area contributed by atoms with E-state index in [0.717, 1.165) is 19.0 Å². The number of primary amides is 1. The lowest BCUT2D eigenvalue weighted by Crippen LogP contribution is -2.41. The summed E-state index contributed by atoms with van der Waals surface area (Å²) in [5.41, 5.74) is 2.81. The van der Waals surface area contributed by atoms with Gasteiger partial charge in [0.15, 0.2) is 5.69 Å². The molecule has 47 heavy (non-hydrogen) atoms. The number of rotatable bonds is 9. The molecule has 13 heteroatoms. The number of carbonyl (C=O) groups excluding carboxylic acids is 2. The summed E-state index contributed by atoms with van der Waals surface area (Å²) in [6.07, 6.45) is -2.38. The van der Waals surface area contributed by atoms with Crippen molar-refractivity contribution in [3.63, 3.8) is 0 Å². The van der Waals surface area contributed by atoms with Crippen LogP contribution in [-0.2, 0) is 22.0 Å². The number of nitrogens with zero attached hydrogens (tertiary/aromatic N) is 2. The predicted molar refractivity (Wildman–Crippen MR) is 162 cm³/mol. The van der Waals surface area contributed by atoms with Gasteiger partial charge in [0.1, 0.15) is 40.6 Å². The molecule has 3 heterocycles. The van der Waals surface area contributed by atoms with Crippen LogP contribution < -0.4 is 20.5 Å². The topological polar surface area (TPSA) is 137 Å². The third-order valence-corrected chi connectivity index (χ3v) is 8.31. The first-order valence-electron chi connectivity index (χ1n) is 14.8. The molecule has 4 N–H and O–H groups in total. The van der Waals surface area contributed by atoms with Crippen molar-refractivity contribution >= 4 is 11.8 Å². The number of pyridine rings is 2. The second-order valence-corrected chi connectivity index (χ2v) is 12.1. The largest absolute Gasteiger partial charge is 0.490 e. The number of benzene rings is 2. The zero-order valence-corrected chi connectivity index (χ0v) is 25.3. The van der Waals surface area contributed by atoms with Gasteiger partial charge in [0.05, 0.1) is 18.3 Å². The van der Waals surface area contributed by atoms with Crippen LogP contribution in [0.1, 0.15) is 54.0 Å². The molecule has 2 aliphatic rings. The van der Waals surface area contributed by atoms with Gasteiger partial charge in [-0.3, -0.25) is 14.6 Å². The molecule has 1 aliphatic carbocycles. The Morgan fingerprint density at radius 2 is 1.83 bits per heavy atom. The summed E-state index contributed by atoms with van der Waals surface area (Å²) in [5, 5.41) is 14.2. The predicted octanol–water partition coefficient (Wildman–Crippen LogP) is 5.28. The normalized spacial score (nSPS) is 18.5. The van der Waals surface area contributed by atoms with Crippen LogP contribution >= 0.6 is 0 Å². The molecule has 1 aliphatic heterocycles. The number of alkyl halides is 3. The standard InChI is InChI=1S/C34H30F4N4O5/c1-32(31(39)44)17-46-28-24(32)15-26(42-27(28)18-5-8-20(35)9-6-18)33(2,45)16-41-30(43)19-7-12-22(25(14-19)47-21-10-11-21)23-4-3-13-40-29(23)34(36,37)38/h3-9,12-15,21,45H,10-11,16-17H2,1-2H3,(H2,39,44)(H,41,43)/t32-,33-/m0/s1. The number of amides is 2. The van der Waals surface area contributed by atoms with E-state index in [1.807, 2.05) is 0 Å². The SMILES string of the molecule is C[C@](O)(CNC(=O)c1ccc(-c2cccnc2C(F)(F)F)c(OC2CC2)c1)c1cc2c(c(-c3ccc(F)cc3)n1)OC[C@]2(C)C(N)=O. The van der Waals surface area contributed by atoms with Crippen LogP contribution in [0.5, 0.6) is 11.5 Å². The monoisotopic (exact) mass is 650 g/mol. The molecule has 0 unspecified atom stereocenters. The van der Waals surface area contributed by atoms with Crippen LogP contribution in [0.4, 0.5) is 17.6 Å². The fourth-order valence-electron chi connectivity index (χ4n) is 5.31. The molecule has 9 nitrogen and oxygen atoms in total. The van der Waals surface area contributed by atoms with Crippen molar-refractivity contribution in [2.45, 2.75) is 50.0 Å². The van der Waals surface area contributed by atoms with E-state index in [4.69, 9.17) is 15.2 Å². The van der Waals surface area contributed by atoms with Crippen LogP contribution in [0.2, 0.25) is 0 Å². The number of nitrogens with one attached hydrogen (secondary N) is 1. The maximum absolute atomic E-state index is 13.8. The Kier molecular flexibility index (Phi) is 7.91. The number of fused-ring (bicyclic) bond motifs is 1. The van der Waals surface area contributed by atoms with Gasteiger partial charge in [-0.1, -0.05) is 6.07 Å². The molecule has 4 aromatic rings. The lowest BCUT2D eigenvalue weighted by atomic mass is 9.82. The summed E-state index contributed by atoms with van der Waals surface area (Å²) >= 11 is 0. The Balaban J connectivity index is 1.30. The molecule has 244 valence electrons. The highest BCUT2D eigenvalue weighted by Crippen LogP contribution is 2.46. The molecule has 2 amide bonds. The molecular weight excluding hydrogens is 620 g/mol. The average molecular weight is 651 g/mol. The maximum Gasteiger partial charge on any atom is 0.433 e. The third-order valence-electron chi connectivity index (χ3n) is 8.31. The van der Waals surface area contributed by atoms with Crippen molar-refractivity contribution in [2.24, 2.45) is 5.73 Å². The Morgan fingerprint density at radius 1 is 1.11 bits per heavy atom. The van der Waals surface area contributed by atoms with Crippen LogP contribution in [-0.4, -0.2) is 46.1 Å². The Bertz CT molecular complexity index is 1880. The highest BCUT2D eigenvalue weighted by atomic mass is 19.4. The zero-order valence-electron chi connectivity index (χ0n) is 25.3. The van der Waals surface area contributed by atoms with Gasteiger partial charge in [-0.05, 0) is 81.3 Å². The van der Waals surface area contributed by atoms with Crippen molar-refractivity contribution in [1.29, 1.82) is 0 Å². The van der Waals surface area contributed by atoms with Gasteiger partial charge < -0.3 is 25.6 Å². The zero-order chi connectivity index (χ0) is 33.7. The van der Waals surface area contributed by atoms with Gasteiger partial charge >= 0.3 is 6.18 Å². The summed E-state index contributed by atoms with van der Waals surface area (Å²) in [6.45, 7) is 2.60. The van der Waals surface area contributed by atoms with E-state index in [1.165, 1.54) is 67.6 Å². The minimum atomic E-state index is -4.71. The van der Waals surface area contributed by atoms with Crippen molar-refractivity contribution < 1.29 is 41.7 Å². The van der Waals surface area contributed by atoms with Crippen molar-refractivity contribution in [2.75, 3.05) is 13.2 Å². The summed E-state index contributed by atoms with van der Waals surface area (Å²) in [5.74, 6) is -1.40. The number of halogens is 4. The average Bonchev–Trinajstić information content (AvgIpc) is 3.79. The number of hydrogen-bond donors (Lipinski definition) is 3. The molecule has 2 aromatic heterocycles. The van der Waals surface area contributed by atoms with Crippen LogP contribution in [0, 0.1) is 5.82 Å². The first-order valence-corrected chi connectivity index (χ1v) is 14.8. The molecule has 1 saturated carbocycles. The minimum Gasteiger partial charge on any atom is -0.490 e. The number of aromatic nitrogens is 2. The van der Waals surface area contributed by atoms with Crippen LogP contribution in [0.15, 0.2) is 66.9 Å². The Hall–Kier alpha value is -5.04. The Morgan fingerprint density at radius 3 is 2.49 bits per heavy atom. The van der Waals surface area contributed by atoms with Crippen molar-refractivity contribution in [3.05, 3.63) is 95.2 Å². The van der Waals surface area contributed by atoms with Crippen molar-refractivity contribution in [3.8, 4) is 33.9 Å². The van der Waals surface area contributed by atoms with Gasteiger partial charge in [0, 0.05) is 34.0 Å². The fraction of sp³-hybridized carbons (Fsp3) is 0.294. The van der Waals surface area contributed by atoms with E-state index in [2.05, 4.69) is 15.3 Å². The van der Waals surface area contributed by atoms with Crippen LogP contribution in [0.25, 0.3) is 22.4 Å². The van der Waals surface area contributed by atoms with Gasteiger partial charge in [-0.15, -0.1) is 0 Å². The summed E-state index contributed by atoms with van der Waals surface area (Å²) in [7, 11) is 0. The molecule has 2 atom stereocenters. The molecule has 2 aromatic carbocycles. The second kappa shape index (κ2) is 11.6. The molecule has 0 saturated heterocycles. The van der Waals surface area contributed by atoms with Gasteiger partial charge in [-0.2, -0.15) is 13.2 Å². The minimum absolute atomic E-state index is 0.0688. The molecule has 0 bridgehead atoms. The third kappa shape index (κ3) is 6.22. The van der Waals surface area contributed by atoms with E-state index >= 15 is 0 Å². The summed E-state index contributed by atoms with van der Waals surface area (Å²) in [4.78, 5) is 33.9. The molecule has 0 spiro atoms. The molecule has 6 rings (SSSR count). The van der Waals surface area contributed by atoms with Gasteiger partial charge in [0.25, 0.3) is 5.91 Å². The molecule has 0 radical (unpaired) electrons. The lowest BCUT2D eigenvalue weighted by Gasteiger charge is -2.26. The van der Waals surface area contributed by atoms with E-state index in [9.17, 15) is 32.3 Å². The van der Waals surface area contributed by atoms with E-state index in [-0.39, 0.29) is 58.8 Å². The van der Waals surface area contributed by atoms with Gasteiger partial charge in [0.2, 0.25) is 5.91 Å². The van der Waals surface area contributed by atoms with Crippen molar-refractivity contribution in [1.82, 2.24) is 15.3 Å². The van der Waals surface area contributed by atoms with Gasteiger partial charge in [-0.25, -0.2) is 9.37 Å².